The summed E-state index contributed by atoms with van der Waals surface area (Å²) in [6.45, 7) is 0. The Morgan fingerprint density at radius 2 is 0.214 bits per heavy atom. The van der Waals surface area contributed by atoms with Crippen LogP contribution in [-0.4, -0.2) is 85.5 Å². The lowest BCUT2D eigenvalue weighted by Crippen LogP contribution is -1.25. The number of hydrogen-bond donors (Lipinski definition) is 7. The summed E-state index contributed by atoms with van der Waals surface area (Å²) in [6.07, 6.45) is 0. The first-order chi connectivity index (χ1) is 7.00. The Labute approximate surface area is 86.5 Å². The van der Waals surface area contributed by atoms with Crippen molar-refractivity contribution >= 4 is 0 Å². The molecule has 0 heterocycles. The lowest BCUT2D eigenvalue weighted by Gasteiger charge is -1.21. The fraction of sp³-hybridized carbons (Fsp3) is 1.00. The Hall–Kier alpha value is -0.280. The van der Waals surface area contributed by atoms with Crippen molar-refractivity contribution in [2.75, 3.05) is 49.8 Å². The molecule has 7 N–H and O–H groups in total. The van der Waals surface area contributed by atoms with Crippen LogP contribution in [0.25, 0.3) is 0 Å². The minimum Gasteiger partial charge on any atom is -0.400 e. The van der Waals surface area contributed by atoms with Crippen molar-refractivity contribution in [3.8, 4) is 0 Å². The average molecular weight is 224 g/mol. The molecule has 14 heavy (non-hydrogen) atoms. The van der Waals surface area contributed by atoms with Crippen LogP contribution in [-0.2, 0) is 0 Å². The van der Waals surface area contributed by atoms with Crippen LogP contribution in [0.1, 0.15) is 0 Å². The van der Waals surface area contributed by atoms with Gasteiger partial charge >= 0.3 is 0 Å². The molecule has 0 fully saturated rings. The highest BCUT2D eigenvalue weighted by atomic mass is 16.2. The first-order valence-corrected chi connectivity index (χ1v) is 3.13. The van der Waals surface area contributed by atoms with Crippen molar-refractivity contribution in [3.05, 3.63) is 0 Å². The monoisotopic (exact) mass is 224 g/mol. The molecule has 0 bridgehead atoms. The van der Waals surface area contributed by atoms with Crippen molar-refractivity contribution in [3.63, 3.8) is 0 Å². The highest BCUT2D eigenvalue weighted by Crippen LogP contribution is 0.767. The SMILES string of the molecule is CO.CO.CO.CO.CO.CO.CO. The smallest absolute Gasteiger partial charge is 0.0319 e. The van der Waals surface area contributed by atoms with Gasteiger partial charge in [0.25, 0.3) is 0 Å². The summed E-state index contributed by atoms with van der Waals surface area (Å²) in [4.78, 5) is 0. The Kier molecular flexibility index (Phi) is 78300. The van der Waals surface area contributed by atoms with Gasteiger partial charge in [0.05, 0.1) is 0 Å². The predicted octanol–water partition coefficient (Wildman–Crippen LogP) is -2.74. The molecule has 0 aliphatic carbocycles. The van der Waals surface area contributed by atoms with Gasteiger partial charge in [0.1, 0.15) is 0 Å². The molecule has 7 nitrogen and oxygen atoms in total. The molecule has 0 aliphatic heterocycles. The van der Waals surface area contributed by atoms with Gasteiger partial charge < -0.3 is 35.7 Å². The summed E-state index contributed by atoms with van der Waals surface area (Å²) >= 11 is 0. The molecule has 7 heteroatoms. The van der Waals surface area contributed by atoms with Gasteiger partial charge in [0, 0.05) is 49.8 Å². The zero-order valence-electron chi connectivity index (χ0n) is 10.1. The summed E-state index contributed by atoms with van der Waals surface area (Å²) in [5.41, 5.74) is 0. The van der Waals surface area contributed by atoms with Crippen molar-refractivity contribution in [1.29, 1.82) is 0 Å². The Morgan fingerprint density at radius 3 is 0.214 bits per heavy atom. The van der Waals surface area contributed by atoms with Crippen LogP contribution in [0.3, 0.4) is 0 Å². The highest BCUT2D eigenvalue weighted by molar-refractivity contribution is 3.19. The van der Waals surface area contributed by atoms with Gasteiger partial charge in [-0.2, -0.15) is 0 Å². The fourth-order valence-electron chi connectivity index (χ4n) is 0. The van der Waals surface area contributed by atoms with E-state index in [2.05, 4.69) is 0 Å². The fourth-order valence-corrected chi connectivity index (χ4v) is 0. The summed E-state index contributed by atoms with van der Waals surface area (Å²) in [5, 5.41) is 49.0. The number of rotatable bonds is 0. The quantitative estimate of drug-likeness (QED) is 0.236. The first kappa shape index (κ1) is 49.2. The standard InChI is InChI=1S/7CH4O/c7*1-2/h7*2H,1H3. The molecule has 0 saturated heterocycles. The third-order valence-electron chi connectivity index (χ3n) is 0. The van der Waals surface area contributed by atoms with Gasteiger partial charge in [-0.25, -0.2) is 0 Å². The maximum Gasteiger partial charge on any atom is 0.0319 e. The molecular formula is C7H28O7. The largest absolute Gasteiger partial charge is 0.400 e. The number of aliphatic hydroxyl groups is 7. The van der Waals surface area contributed by atoms with Crippen LogP contribution in [0.5, 0.6) is 0 Å². The molecule has 0 amide bonds. The minimum atomic E-state index is 1.00. The zero-order valence-corrected chi connectivity index (χ0v) is 10.1. The van der Waals surface area contributed by atoms with Gasteiger partial charge in [0.2, 0.25) is 0 Å². The van der Waals surface area contributed by atoms with Crippen LogP contribution in [0, 0.1) is 0 Å². The first-order valence-electron chi connectivity index (χ1n) is 3.13. The second kappa shape index (κ2) is 22300. The third-order valence-corrected chi connectivity index (χ3v) is 0. The molecule has 0 unspecified atom stereocenters. The second-order valence-corrected chi connectivity index (χ2v) is 0. The minimum absolute atomic E-state index is 1.00. The molecule has 0 atom stereocenters. The van der Waals surface area contributed by atoms with Crippen molar-refractivity contribution in [1.82, 2.24) is 0 Å². The Morgan fingerprint density at radius 1 is 0.214 bits per heavy atom. The van der Waals surface area contributed by atoms with E-state index < -0.39 is 0 Å². The molecule has 0 saturated carbocycles. The third kappa shape index (κ3) is 17200. The topological polar surface area (TPSA) is 142 Å². The van der Waals surface area contributed by atoms with Crippen molar-refractivity contribution in [2.45, 2.75) is 0 Å². The van der Waals surface area contributed by atoms with E-state index in [1.807, 2.05) is 0 Å². The lowest BCUT2D eigenvalue weighted by molar-refractivity contribution is 0.399. The molecule has 0 spiro atoms. The molecule has 0 rings (SSSR count). The number of aliphatic hydroxyl groups excluding tert-OH is 7. The van der Waals surface area contributed by atoms with Gasteiger partial charge in [-0.1, -0.05) is 0 Å². The Balaban J connectivity index is -0.00000000817. The molecule has 0 aromatic heterocycles. The zero-order chi connectivity index (χ0) is 14.0. The normalized spacial score (nSPS) is 3.00. The summed E-state index contributed by atoms with van der Waals surface area (Å²) in [5.74, 6) is 0. The van der Waals surface area contributed by atoms with Gasteiger partial charge in [0.15, 0.2) is 0 Å². The van der Waals surface area contributed by atoms with E-state index in [9.17, 15) is 0 Å². The molecule has 0 aromatic carbocycles. The van der Waals surface area contributed by atoms with E-state index in [-0.39, 0.29) is 0 Å². The maximum atomic E-state index is 7.00. The highest BCUT2D eigenvalue weighted by Gasteiger charge is 0.851. The van der Waals surface area contributed by atoms with E-state index in [0.29, 0.717) is 0 Å². The molecular weight excluding hydrogens is 196 g/mol. The average Bonchev–Trinajstić information content (AvgIpc) is 2.45. The van der Waals surface area contributed by atoms with Crippen LogP contribution >= 0.6 is 0 Å². The molecule has 0 radical (unpaired) electrons. The van der Waals surface area contributed by atoms with Gasteiger partial charge in [-0.05, 0) is 0 Å². The van der Waals surface area contributed by atoms with E-state index in [0.717, 1.165) is 49.8 Å². The van der Waals surface area contributed by atoms with Crippen molar-refractivity contribution < 1.29 is 35.7 Å². The summed E-state index contributed by atoms with van der Waals surface area (Å²) in [7, 11) is 7.00. The molecule has 0 aliphatic rings. The van der Waals surface area contributed by atoms with Crippen LogP contribution in [0.2, 0.25) is 0 Å². The lowest BCUT2D eigenvalue weighted by atomic mass is 11.8. The van der Waals surface area contributed by atoms with E-state index in [1.165, 1.54) is 0 Å². The molecule has 98 valence electrons. The number of hydrogen-bond acceptors (Lipinski definition) is 7. The van der Waals surface area contributed by atoms with E-state index in [1.54, 1.807) is 0 Å². The van der Waals surface area contributed by atoms with Crippen molar-refractivity contribution in [2.24, 2.45) is 0 Å². The van der Waals surface area contributed by atoms with E-state index >= 15 is 0 Å². The summed E-state index contributed by atoms with van der Waals surface area (Å²) < 4.78 is 0. The van der Waals surface area contributed by atoms with Crippen LogP contribution in [0.15, 0.2) is 0 Å². The maximum absolute atomic E-state index is 7.00. The van der Waals surface area contributed by atoms with Crippen LogP contribution in [0.4, 0.5) is 0 Å². The second-order valence-electron chi connectivity index (χ2n) is 0. The molecule has 0 aromatic rings. The van der Waals surface area contributed by atoms with Gasteiger partial charge in [-0.15, -0.1) is 0 Å². The predicted molar refractivity (Wildman–Crippen MR) is 57.0 cm³/mol. The summed E-state index contributed by atoms with van der Waals surface area (Å²) in [6, 6.07) is 0. The van der Waals surface area contributed by atoms with Crippen LogP contribution < -0.4 is 0 Å². The van der Waals surface area contributed by atoms with Gasteiger partial charge in [-0.3, -0.25) is 0 Å². The Bertz CT molecular complexity index is 14.0. The van der Waals surface area contributed by atoms with E-state index in [4.69, 9.17) is 35.7 Å².